The smallest absolute Gasteiger partial charge is 0.408 e. The Morgan fingerprint density at radius 3 is 1.78 bits per heavy atom. The average molecular weight is 499 g/mol. The van der Waals surface area contributed by atoms with Crippen LogP contribution in [0.5, 0.6) is 0 Å². The van der Waals surface area contributed by atoms with Gasteiger partial charge in [0.2, 0.25) is 17.7 Å². The third kappa shape index (κ3) is 10.6. The standard InChI is InChI=1S/C26H34N4O6/c1-26(2,3)36-25(34)29-21(17-19-12-8-5-9-13-19)24(33)28-20(16-18-10-6-4-7-11-18)23(32)27-15-14-22(31)30-35/h4-13,20-21,35H,14-17H2,1-3H3,(H,27,32)(H,28,33)(H,29,34)(H,30,31)/t20-,21-/m0/s1. The predicted molar refractivity (Wildman–Crippen MR) is 133 cm³/mol. The lowest BCUT2D eigenvalue weighted by atomic mass is 10.0. The number of carbonyl (C=O) groups excluding carboxylic acids is 4. The zero-order valence-electron chi connectivity index (χ0n) is 20.7. The van der Waals surface area contributed by atoms with Crippen LogP contribution in [0.4, 0.5) is 4.79 Å². The van der Waals surface area contributed by atoms with Crippen LogP contribution in [0.15, 0.2) is 60.7 Å². The van der Waals surface area contributed by atoms with E-state index in [-0.39, 0.29) is 25.8 Å². The summed E-state index contributed by atoms with van der Waals surface area (Å²) < 4.78 is 5.32. The Kier molecular flexibility index (Phi) is 10.9. The molecule has 0 fully saturated rings. The molecular weight excluding hydrogens is 464 g/mol. The van der Waals surface area contributed by atoms with Crippen molar-refractivity contribution >= 4 is 23.8 Å². The Hall–Kier alpha value is -3.92. The SMILES string of the molecule is CC(C)(C)OC(=O)N[C@@H](Cc1ccccc1)C(=O)N[C@@H](Cc1ccccc1)C(=O)NCCC(=O)NO. The number of amides is 4. The summed E-state index contributed by atoms with van der Waals surface area (Å²) >= 11 is 0. The molecule has 0 radical (unpaired) electrons. The molecule has 2 rings (SSSR count). The largest absolute Gasteiger partial charge is 0.444 e. The Morgan fingerprint density at radius 2 is 1.31 bits per heavy atom. The fourth-order valence-corrected chi connectivity index (χ4v) is 3.32. The first-order valence-electron chi connectivity index (χ1n) is 11.7. The molecule has 0 unspecified atom stereocenters. The van der Waals surface area contributed by atoms with Gasteiger partial charge in [0, 0.05) is 25.8 Å². The summed E-state index contributed by atoms with van der Waals surface area (Å²) in [7, 11) is 0. The van der Waals surface area contributed by atoms with Gasteiger partial charge in [-0.25, -0.2) is 10.3 Å². The van der Waals surface area contributed by atoms with E-state index in [1.807, 2.05) is 60.7 Å². The highest BCUT2D eigenvalue weighted by Gasteiger charge is 2.29. The molecule has 0 aliphatic heterocycles. The summed E-state index contributed by atoms with van der Waals surface area (Å²) in [5, 5.41) is 16.6. The molecule has 4 amide bonds. The first kappa shape index (κ1) is 28.3. The van der Waals surface area contributed by atoms with E-state index in [1.165, 1.54) is 5.48 Å². The molecule has 2 aromatic carbocycles. The molecule has 0 aliphatic carbocycles. The van der Waals surface area contributed by atoms with Gasteiger partial charge in [-0.1, -0.05) is 60.7 Å². The van der Waals surface area contributed by atoms with Gasteiger partial charge in [0.25, 0.3) is 0 Å². The summed E-state index contributed by atoms with van der Waals surface area (Å²) in [5.41, 5.74) is 2.37. The summed E-state index contributed by atoms with van der Waals surface area (Å²) in [6.07, 6.45) is -0.514. The number of rotatable bonds is 11. The molecule has 0 saturated heterocycles. The molecule has 2 aromatic rings. The minimum Gasteiger partial charge on any atom is -0.444 e. The van der Waals surface area contributed by atoms with E-state index in [4.69, 9.17) is 9.94 Å². The highest BCUT2D eigenvalue weighted by molar-refractivity contribution is 5.91. The van der Waals surface area contributed by atoms with Crippen LogP contribution in [-0.2, 0) is 32.0 Å². The molecule has 0 saturated carbocycles. The average Bonchev–Trinajstić information content (AvgIpc) is 2.83. The van der Waals surface area contributed by atoms with Crippen LogP contribution in [0.25, 0.3) is 0 Å². The van der Waals surface area contributed by atoms with Crippen molar-refractivity contribution in [2.45, 2.75) is 57.7 Å². The van der Waals surface area contributed by atoms with Crippen LogP contribution in [-0.4, -0.2) is 53.3 Å². The van der Waals surface area contributed by atoms with E-state index in [9.17, 15) is 19.2 Å². The van der Waals surface area contributed by atoms with Gasteiger partial charge in [0.05, 0.1) is 0 Å². The van der Waals surface area contributed by atoms with Crippen molar-refractivity contribution in [1.82, 2.24) is 21.4 Å². The molecule has 0 aliphatic rings. The second-order valence-electron chi connectivity index (χ2n) is 9.22. The first-order valence-corrected chi connectivity index (χ1v) is 11.7. The van der Waals surface area contributed by atoms with E-state index in [1.54, 1.807) is 20.8 Å². The van der Waals surface area contributed by atoms with Crippen LogP contribution in [0, 0.1) is 0 Å². The Balaban J connectivity index is 2.19. The van der Waals surface area contributed by atoms with Crippen LogP contribution in [0.1, 0.15) is 38.3 Å². The minimum atomic E-state index is -1.01. The van der Waals surface area contributed by atoms with Crippen molar-refractivity contribution < 1.29 is 29.1 Å². The van der Waals surface area contributed by atoms with Gasteiger partial charge in [-0.05, 0) is 31.9 Å². The van der Waals surface area contributed by atoms with E-state index < -0.39 is 41.5 Å². The number of carbonyl (C=O) groups is 4. The van der Waals surface area contributed by atoms with Crippen molar-refractivity contribution in [3.63, 3.8) is 0 Å². The van der Waals surface area contributed by atoms with Crippen LogP contribution in [0.2, 0.25) is 0 Å². The van der Waals surface area contributed by atoms with Gasteiger partial charge < -0.3 is 20.7 Å². The molecule has 0 bridgehead atoms. The van der Waals surface area contributed by atoms with E-state index in [0.29, 0.717) is 0 Å². The monoisotopic (exact) mass is 498 g/mol. The molecule has 10 heteroatoms. The van der Waals surface area contributed by atoms with Crippen LogP contribution < -0.4 is 21.4 Å². The molecule has 0 heterocycles. The quantitative estimate of drug-likeness (QED) is 0.236. The molecular formula is C26H34N4O6. The second-order valence-corrected chi connectivity index (χ2v) is 9.22. The molecule has 5 N–H and O–H groups in total. The van der Waals surface area contributed by atoms with Crippen molar-refractivity contribution in [3.05, 3.63) is 71.8 Å². The van der Waals surface area contributed by atoms with Gasteiger partial charge in [0.15, 0.2) is 0 Å². The fraction of sp³-hybridized carbons (Fsp3) is 0.385. The number of hydroxylamine groups is 1. The van der Waals surface area contributed by atoms with Gasteiger partial charge in [-0.15, -0.1) is 0 Å². The van der Waals surface area contributed by atoms with Gasteiger partial charge in [0.1, 0.15) is 17.7 Å². The zero-order chi connectivity index (χ0) is 26.6. The maximum atomic E-state index is 13.3. The summed E-state index contributed by atoms with van der Waals surface area (Å²) in [6, 6.07) is 16.3. The maximum Gasteiger partial charge on any atom is 0.408 e. The Morgan fingerprint density at radius 1 is 0.806 bits per heavy atom. The number of benzene rings is 2. The van der Waals surface area contributed by atoms with Gasteiger partial charge in [-0.2, -0.15) is 0 Å². The van der Waals surface area contributed by atoms with Gasteiger partial charge in [-0.3, -0.25) is 19.6 Å². The second kappa shape index (κ2) is 13.8. The Bertz CT molecular complexity index is 1010. The third-order valence-electron chi connectivity index (χ3n) is 4.98. The lowest BCUT2D eigenvalue weighted by molar-refractivity contribution is -0.131. The molecule has 0 spiro atoms. The van der Waals surface area contributed by atoms with Crippen molar-refractivity contribution in [3.8, 4) is 0 Å². The number of ether oxygens (including phenoxy) is 1. The minimum absolute atomic E-state index is 0.0318. The first-order chi connectivity index (χ1) is 17.1. The lowest BCUT2D eigenvalue weighted by Crippen LogP contribution is -2.55. The van der Waals surface area contributed by atoms with E-state index in [0.717, 1.165) is 11.1 Å². The maximum absolute atomic E-state index is 13.3. The normalized spacial score (nSPS) is 12.6. The number of alkyl carbamates (subject to hydrolysis) is 1. The molecule has 2 atom stereocenters. The van der Waals surface area contributed by atoms with E-state index in [2.05, 4.69) is 16.0 Å². The molecule has 0 aromatic heterocycles. The van der Waals surface area contributed by atoms with Gasteiger partial charge >= 0.3 is 6.09 Å². The van der Waals surface area contributed by atoms with Crippen molar-refractivity contribution in [1.29, 1.82) is 0 Å². The molecule has 10 nitrogen and oxygen atoms in total. The van der Waals surface area contributed by atoms with Crippen LogP contribution >= 0.6 is 0 Å². The van der Waals surface area contributed by atoms with Crippen LogP contribution in [0.3, 0.4) is 0 Å². The molecule has 36 heavy (non-hydrogen) atoms. The summed E-state index contributed by atoms with van der Waals surface area (Å²) in [4.78, 5) is 50.0. The van der Waals surface area contributed by atoms with Crippen molar-refractivity contribution in [2.24, 2.45) is 0 Å². The highest BCUT2D eigenvalue weighted by Crippen LogP contribution is 2.10. The Labute approximate surface area is 210 Å². The fourth-order valence-electron chi connectivity index (χ4n) is 3.32. The summed E-state index contributed by atoms with van der Waals surface area (Å²) in [5.74, 6) is -1.72. The zero-order valence-corrected chi connectivity index (χ0v) is 20.7. The third-order valence-corrected chi connectivity index (χ3v) is 4.98. The number of hydrogen-bond donors (Lipinski definition) is 5. The number of hydrogen-bond acceptors (Lipinski definition) is 6. The predicted octanol–water partition coefficient (Wildman–Crippen LogP) is 1.86. The van der Waals surface area contributed by atoms with E-state index >= 15 is 0 Å². The number of nitrogens with one attached hydrogen (secondary N) is 4. The lowest BCUT2D eigenvalue weighted by Gasteiger charge is -2.25. The highest BCUT2D eigenvalue weighted by atomic mass is 16.6. The summed E-state index contributed by atoms with van der Waals surface area (Å²) in [6.45, 7) is 5.12. The molecule has 194 valence electrons. The topological polar surface area (TPSA) is 146 Å². The van der Waals surface area contributed by atoms with Crippen molar-refractivity contribution in [2.75, 3.05) is 6.54 Å².